The van der Waals surface area contributed by atoms with Crippen molar-refractivity contribution in [3.8, 4) is 11.3 Å². The third kappa shape index (κ3) is 3.05. The maximum absolute atomic E-state index is 12.1. The Morgan fingerprint density at radius 1 is 1.35 bits per heavy atom. The van der Waals surface area contributed by atoms with Crippen molar-refractivity contribution in [3.05, 3.63) is 35.7 Å². The van der Waals surface area contributed by atoms with Gasteiger partial charge in [0.1, 0.15) is 0 Å². The third-order valence-corrected chi connectivity index (χ3v) is 4.23. The van der Waals surface area contributed by atoms with E-state index in [4.69, 9.17) is 0 Å². The Balaban J connectivity index is 1.66. The fraction of sp³-hybridized carbons (Fsp3) is 0.333. The van der Waals surface area contributed by atoms with Crippen LogP contribution in [0.25, 0.3) is 11.3 Å². The van der Waals surface area contributed by atoms with Gasteiger partial charge in [0.2, 0.25) is 5.91 Å². The highest BCUT2D eigenvalue weighted by Crippen LogP contribution is 2.25. The number of anilines is 1. The van der Waals surface area contributed by atoms with E-state index in [9.17, 15) is 4.79 Å². The maximum Gasteiger partial charge on any atom is 0.230 e. The number of carbonyl (C=O) groups excluding carboxylic acids is 1. The van der Waals surface area contributed by atoms with E-state index in [1.807, 2.05) is 35.7 Å². The Hall–Kier alpha value is -1.72. The van der Waals surface area contributed by atoms with Crippen molar-refractivity contribution in [2.45, 2.75) is 12.8 Å². The summed E-state index contributed by atoms with van der Waals surface area (Å²) in [5.41, 5.74) is 1.98. The van der Waals surface area contributed by atoms with E-state index < -0.39 is 0 Å². The Bertz CT molecular complexity index is 576. The first-order valence-electron chi connectivity index (χ1n) is 6.85. The molecule has 1 aromatic heterocycles. The number of aromatic nitrogens is 1. The number of rotatable bonds is 3. The van der Waals surface area contributed by atoms with Crippen LogP contribution in [-0.4, -0.2) is 24.0 Å². The van der Waals surface area contributed by atoms with Gasteiger partial charge >= 0.3 is 0 Å². The van der Waals surface area contributed by atoms with E-state index in [0.717, 1.165) is 37.2 Å². The molecule has 1 aromatic carbocycles. The first-order chi connectivity index (χ1) is 9.83. The second kappa shape index (κ2) is 6.15. The van der Waals surface area contributed by atoms with Gasteiger partial charge in [0.25, 0.3) is 0 Å². The van der Waals surface area contributed by atoms with E-state index in [0.29, 0.717) is 5.13 Å². The smallest absolute Gasteiger partial charge is 0.230 e. The first-order valence-corrected chi connectivity index (χ1v) is 7.73. The van der Waals surface area contributed by atoms with E-state index in [2.05, 4.69) is 15.6 Å². The number of hydrogen-bond donors (Lipinski definition) is 2. The van der Waals surface area contributed by atoms with Crippen molar-refractivity contribution in [3.63, 3.8) is 0 Å². The van der Waals surface area contributed by atoms with Gasteiger partial charge in [0.05, 0.1) is 11.6 Å². The van der Waals surface area contributed by atoms with Crippen LogP contribution in [0.1, 0.15) is 12.8 Å². The van der Waals surface area contributed by atoms with Gasteiger partial charge in [-0.15, -0.1) is 11.3 Å². The lowest BCUT2D eigenvalue weighted by Crippen LogP contribution is -2.37. The lowest BCUT2D eigenvalue weighted by Gasteiger charge is -2.21. The Morgan fingerprint density at radius 2 is 2.20 bits per heavy atom. The van der Waals surface area contributed by atoms with Crippen LogP contribution in [-0.2, 0) is 4.79 Å². The Labute approximate surface area is 122 Å². The van der Waals surface area contributed by atoms with Crippen molar-refractivity contribution in [1.29, 1.82) is 0 Å². The molecule has 2 aromatic rings. The van der Waals surface area contributed by atoms with Crippen molar-refractivity contribution in [2.75, 3.05) is 18.4 Å². The van der Waals surface area contributed by atoms with Crippen molar-refractivity contribution < 1.29 is 4.79 Å². The number of carbonyl (C=O) groups is 1. The van der Waals surface area contributed by atoms with Crippen LogP contribution in [0.4, 0.5) is 5.13 Å². The molecule has 3 rings (SSSR count). The molecule has 1 saturated heterocycles. The highest BCUT2D eigenvalue weighted by Gasteiger charge is 2.21. The zero-order valence-corrected chi connectivity index (χ0v) is 12.0. The topological polar surface area (TPSA) is 54.0 Å². The average Bonchev–Trinajstić information content (AvgIpc) is 2.97. The summed E-state index contributed by atoms with van der Waals surface area (Å²) in [7, 11) is 0. The average molecular weight is 287 g/mol. The highest BCUT2D eigenvalue weighted by molar-refractivity contribution is 7.14. The van der Waals surface area contributed by atoms with Crippen molar-refractivity contribution in [2.24, 2.45) is 5.92 Å². The molecule has 5 heteroatoms. The summed E-state index contributed by atoms with van der Waals surface area (Å²) in [4.78, 5) is 16.6. The Morgan fingerprint density at radius 3 is 2.95 bits per heavy atom. The molecule has 1 fully saturated rings. The van der Waals surface area contributed by atoms with Crippen molar-refractivity contribution >= 4 is 22.4 Å². The molecule has 20 heavy (non-hydrogen) atoms. The maximum atomic E-state index is 12.1. The molecule has 0 saturated carbocycles. The van der Waals surface area contributed by atoms with Crippen LogP contribution in [0.5, 0.6) is 0 Å². The number of thiazole rings is 1. The largest absolute Gasteiger partial charge is 0.316 e. The van der Waals surface area contributed by atoms with E-state index in [-0.39, 0.29) is 11.8 Å². The molecule has 1 aliphatic rings. The molecule has 0 radical (unpaired) electrons. The van der Waals surface area contributed by atoms with Gasteiger partial charge in [0.15, 0.2) is 5.13 Å². The zero-order chi connectivity index (χ0) is 13.8. The zero-order valence-electron chi connectivity index (χ0n) is 11.1. The highest BCUT2D eigenvalue weighted by atomic mass is 32.1. The molecule has 1 unspecified atom stereocenters. The number of piperidine rings is 1. The van der Waals surface area contributed by atoms with Gasteiger partial charge in [-0.25, -0.2) is 4.98 Å². The molecule has 2 heterocycles. The number of amides is 1. The summed E-state index contributed by atoms with van der Waals surface area (Å²) in [6, 6.07) is 9.99. The van der Waals surface area contributed by atoms with Crippen LogP contribution < -0.4 is 10.6 Å². The van der Waals surface area contributed by atoms with Gasteiger partial charge in [0, 0.05) is 17.5 Å². The predicted octanol–water partition coefficient (Wildman–Crippen LogP) is 2.75. The summed E-state index contributed by atoms with van der Waals surface area (Å²) in [6.45, 7) is 1.78. The normalized spacial score (nSPS) is 18.7. The number of hydrogen-bond acceptors (Lipinski definition) is 4. The fourth-order valence-electron chi connectivity index (χ4n) is 2.36. The van der Waals surface area contributed by atoms with Gasteiger partial charge in [-0.2, -0.15) is 0 Å². The lowest BCUT2D eigenvalue weighted by atomic mass is 9.99. The van der Waals surface area contributed by atoms with Crippen LogP contribution in [0.15, 0.2) is 35.7 Å². The summed E-state index contributed by atoms with van der Waals surface area (Å²) in [5, 5.41) is 8.84. The SMILES string of the molecule is O=C(Nc1nc(-c2ccccc2)cs1)C1CCCNC1. The number of nitrogens with zero attached hydrogens (tertiary/aromatic N) is 1. The summed E-state index contributed by atoms with van der Waals surface area (Å²) in [6.07, 6.45) is 2.01. The Kier molecular flexibility index (Phi) is 4.08. The van der Waals surface area contributed by atoms with Crippen LogP contribution in [0, 0.1) is 5.92 Å². The summed E-state index contributed by atoms with van der Waals surface area (Å²) in [5.74, 6) is 0.138. The molecule has 1 amide bonds. The van der Waals surface area contributed by atoms with E-state index in [1.165, 1.54) is 11.3 Å². The molecule has 1 aliphatic heterocycles. The molecular weight excluding hydrogens is 270 g/mol. The second-order valence-electron chi connectivity index (χ2n) is 4.94. The summed E-state index contributed by atoms with van der Waals surface area (Å²) >= 11 is 1.47. The minimum Gasteiger partial charge on any atom is -0.316 e. The van der Waals surface area contributed by atoms with Gasteiger partial charge in [-0.1, -0.05) is 30.3 Å². The number of benzene rings is 1. The lowest BCUT2D eigenvalue weighted by molar-refractivity contribution is -0.120. The molecule has 4 nitrogen and oxygen atoms in total. The standard InChI is InChI=1S/C15H17N3OS/c19-14(12-7-4-8-16-9-12)18-15-17-13(10-20-15)11-5-2-1-3-6-11/h1-3,5-6,10,12,16H,4,7-9H2,(H,17,18,19). The molecule has 0 spiro atoms. The quantitative estimate of drug-likeness (QED) is 0.912. The molecule has 2 N–H and O–H groups in total. The van der Waals surface area contributed by atoms with Crippen molar-refractivity contribution in [1.82, 2.24) is 10.3 Å². The monoisotopic (exact) mass is 287 g/mol. The number of nitrogens with one attached hydrogen (secondary N) is 2. The van der Waals surface area contributed by atoms with Crippen LogP contribution in [0.2, 0.25) is 0 Å². The molecular formula is C15H17N3OS. The van der Waals surface area contributed by atoms with E-state index >= 15 is 0 Å². The molecule has 1 atom stereocenters. The third-order valence-electron chi connectivity index (χ3n) is 3.47. The molecule has 104 valence electrons. The molecule has 0 aliphatic carbocycles. The fourth-order valence-corrected chi connectivity index (χ4v) is 3.08. The van der Waals surface area contributed by atoms with Crippen LogP contribution in [0.3, 0.4) is 0 Å². The predicted molar refractivity (Wildman–Crippen MR) is 81.8 cm³/mol. The van der Waals surface area contributed by atoms with Crippen LogP contribution >= 0.6 is 11.3 Å². The van der Waals surface area contributed by atoms with E-state index in [1.54, 1.807) is 0 Å². The first kappa shape index (κ1) is 13.3. The van der Waals surface area contributed by atoms with Gasteiger partial charge in [-0.3, -0.25) is 4.79 Å². The minimum absolute atomic E-state index is 0.0628. The van der Waals surface area contributed by atoms with Gasteiger partial charge in [-0.05, 0) is 19.4 Å². The summed E-state index contributed by atoms with van der Waals surface area (Å²) < 4.78 is 0. The second-order valence-corrected chi connectivity index (χ2v) is 5.79. The minimum atomic E-state index is 0.0628. The van der Waals surface area contributed by atoms with Gasteiger partial charge < -0.3 is 10.6 Å². The molecule has 0 bridgehead atoms.